The van der Waals surface area contributed by atoms with Crippen molar-refractivity contribution in [3.8, 4) is 107 Å². The first-order chi connectivity index (χ1) is 58.6. The van der Waals surface area contributed by atoms with Crippen LogP contribution in [-0.4, -0.2) is 0 Å². The van der Waals surface area contributed by atoms with Crippen molar-refractivity contribution in [2.75, 3.05) is 0 Å². The molecule has 0 amide bonds. The van der Waals surface area contributed by atoms with Gasteiger partial charge in [0.2, 0.25) is 0 Å². The Labute approximate surface area is 691 Å². The highest BCUT2D eigenvalue weighted by molar-refractivity contribution is 7.79. The van der Waals surface area contributed by atoms with Gasteiger partial charge < -0.3 is 27.1 Å². The fourth-order valence-electron chi connectivity index (χ4n) is 11.8. The van der Waals surface area contributed by atoms with E-state index < -0.39 is 23.0 Å². The molecule has 0 aromatic heterocycles. The molecule has 0 fully saturated rings. The van der Waals surface area contributed by atoms with E-state index in [1.54, 1.807) is 328 Å². The maximum atomic E-state index is 10.7. The lowest BCUT2D eigenvalue weighted by Crippen LogP contribution is -2.11. The van der Waals surface area contributed by atoms with Gasteiger partial charge in [-0.15, -0.1) is 0 Å². The summed E-state index contributed by atoms with van der Waals surface area (Å²) in [5.74, 6) is 0.149. The number of nitriles is 12. The van der Waals surface area contributed by atoms with Crippen molar-refractivity contribution >= 4 is 92.9 Å². The van der Waals surface area contributed by atoms with Gasteiger partial charge >= 0.3 is 23.0 Å². The van der Waals surface area contributed by atoms with E-state index in [-0.39, 0.29) is 67.9 Å². The first-order valence-corrected chi connectivity index (χ1v) is 40.6. The van der Waals surface area contributed by atoms with Crippen LogP contribution in [0.4, 0.5) is 0 Å². The third-order valence-electron chi connectivity index (χ3n) is 17.8. The number of benzene rings is 12. The molecule has 21 nitrogen and oxygen atoms in total. The molecule has 564 valence electrons. The molecule has 1 aliphatic heterocycles. The largest absolute Gasteiger partial charge is 0.460 e. The van der Waals surface area contributed by atoms with Crippen LogP contribution in [0.2, 0.25) is 0 Å². The predicted octanol–water partition coefficient (Wildman–Crippen LogP) is 23.9. The molecule has 120 heavy (non-hydrogen) atoms. The average molecular weight is 1610 g/mol. The molecule has 0 bridgehead atoms. The van der Waals surface area contributed by atoms with Gasteiger partial charge in [0.25, 0.3) is 0 Å². The standard InChI is InChI=1S/C96H54N15O6P3/c97-55-73-13-1-67(2-14-73)49-85(61-103)79-25-37-91(38-26-79)112-118(113-92-39-27-80(28-40-92)86(62-104)50-68-3-15-74(56-98)16-4-68)109-119(114-93-41-29-81(30-42-93)87(63-105)51-69-5-17-75(57-99)18-6-69,115-94-43-31-82(32-44-94)88(64-106)52-70-7-19-76(58-100)20-8-70)111-120(110-118,116-95-45-33-83(34-46-95)89(65-107)53-71-9-21-77(59-101)22-10-71)117-96-47-35-84(36-48-96)90(66-108)54-72-11-23-78(60-102)24-12-72/h1-54H/b85-49-,86-50+,87-51-,88-52+,89-53-,90-54+. The van der Waals surface area contributed by atoms with Crippen molar-refractivity contribution in [1.82, 2.24) is 0 Å². The summed E-state index contributed by atoms with van der Waals surface area (Å²) in [7, 11) is -14.7. The Morgan fingerprint density at radius 3 is 0.417 bits per heavy atom. The molecule has 0 N–H and O–H groups in total. The van der Waals surface area contributed by atoms with Crippen molar-refractivity contribution in [2.45, 2.75) is 0 Å². The normalized spacial score (nSPS) is 15.5. The molecule has 0 spiro atoms. The predicted molar refractivity (Wildman–Crippen MR) is 458 cm³/mol. The Morgan fingerprint density at radius 1 is 0.183 bits per heavy atom. The molecule has 1 aliphatic rings. The minimum atomic E-state index is -4.89. The quantitative estimate of drug-likeness (QED) is 0.0308. The van der Waals surface area contributed by atoms with E-state index in [4.69, 9.17) is 40.7 Å². The Morgan fingerprint density at radius 2 is 0.308 bits per heavy atom. The highest BCUT2D eigenvalue weighted by atomic mass is 31.3. The Balaban J connectivity index is 1.07. The molecule has 0 aliphatic carbocycles. The average Bonchev–Trinajstić information content (AvgIpc) is 0.727. The lowest BCUT2D eigenvalue weighted by molar-refractivity contribution is 0.443. The molecule has 0 unspecified atom stereocenters. The van der Waals surface area contributed by atoms with E-state index in [2.05, 4.69) is 72.8 Å². The smallest absolute Gasteiger partial charge is 0.413 e. The molecular weight excluding hydrogens is 1550 g/mol. The molecule has 0 atom stereocenters. The van der Waals surface area contributed by atoms with Gasteiger partial charge in [-0.2, -0.15) is 63.1 Å². The summed E-state index contributed by atoms with van der Waals surface area (Å²) in [6.45, 7) is 0. The van der Waals surface area contributed by atoms with E-state index in [1.165, 1.54) is 0 Å². The zero-order valence-electron chi connectivity index (χ0n) is 62.7. The van der Waals surface area contributed by atoms with Crippen LogP contribution in [0, 0.1) is 136 Å². The summed E-state index contributed by atoms with van der Waals surface area (Å²) in [4.78, 5) is 0. The van der Waals surface area contributed by atoms with Gasteiger partial charge in [0.15, 0.2) is 0 Å². The molecular formula is C96H54N15O6P3. The zero-order valence-corrected chi connectivity index (χ0v) is 65.4. The lowest BCUT2D eigenvalue weighted by atomic mass is 10.0. The van der Waals surface area contributed by atoms with Crippen LogP contribution in [0.5, 0.6) is 34.5 Å². The van der Waals surface area contributed by atoms with Crippen molar-refractivity contribution in [3.05, 3.63) is 391 Å². The number of nitrogens with zero attached hydrogens (tertiary/aromatic N) is 15. The van der Waals surface area contributed by atoms with E-state index in [0.29, 0.717) is 100 Å². The lowest BCUT2D eigenvalue weighted by Gasteiger charge is -2.33. The number of allylic oxidation sites excluding steroid dienone is 6. The molecule has 0 radical (unpaired) electrons. The van der Waals surface area contributed by atoms with Crippen molar-refractivity contribution in [1.29, 1.82) is 63.1 Å². The van der Waals surface area contributed by atoms with Gasteiger partial charge in [0.05, 0.1) is 140 Å². The van der Waals surface area contributed by atoms with Crippen molar-refractivity contribution in [3.63, 3.8) is 0 Å². The summed E-state index contributed by atoms with van der Waals surface area (Å²) in [5, 5.41) is 122. The molecule has 12 aromatic carbocycles. The summed E-state index contributed by atoms with van der Waals surface area (Å²) in [6.07, 6.45) is 9.92. The van der Waals surface area contributed by atoms with E-state index in [1.807, 2.05) is 0 Å². The van der Waals surface area contributed by atoms with Gasteiger partial charge in [-0.25, -0.2) is 0 Å². The van der Waals surface area contributed by atoms with E-state index >= 15 is 0 Å². The van der Waals surface area contributed by atoms with Gasteiger partial charge in [0.1, 0.15) is 34.5 Å². The van der Waals surface area contributed by atoms with Gasteiger partial charge in [0, 0.05) is 0 Å². The molecule has 12 aromatic rings. The summed E-state index contributed by atoms with van der Waals surface area (Å²) < 4.78 is 60.4. The van der Waals surface area contributed by atoms with Crippen LogP contribution < -0.4 is 27.1 Å². The van der Waals surface area contributed by atoms with Gasteiger partial charge in [-0.3, -0.25) is 0 Å². The third kappa shape index (κ3) is 20.1. The van der Waals surface area contributed by atoms with Crippen LogP contribution in [0.3, 0.4) is 0 Å². The van der Waals surface area contributed by atoms with E-state index in [0.717, 1.165) is 0 Å². The van der Waals surface area contributed by atoms with Crippen LogP contribution >= 0.6 is 23.0 Å². The summed E-state index contributed by atoms with van der Waals surface area (Å²) in [5.41, 5.74) is 10.3. The highest BCUT2D eigenvalue weighted by Gasteiger charge is 2.49. The molecule has 13 rings (SSSR count). The zero-order chi connectivity index (χ0) is 83.9. The van der Waals surface area contributed by atoms with Crippen LogP contribution in [0.25, 0.3) is 69.9 Å². The molecule has 24 heteroatoms. The van der Waals surface area contributed by atoms with Crippen LogP contribution in [-0.2, 0) is 0 Å². The first-order valence-electron chi connectivity index (χ1n) is 36.0. The topological polar surface area (TPSA) is 378 Å². The second kappa shape index (κ2) is 37.4. The molecule has 0 saturated carbocycles. The minimum absolute atomic E-state index is 0.0248. The monoisotopic (exact) mass is 1610 g/mol. The maximum absolute atomic E-state index is 10.7. The van der Waals surface area contributed by atoms with Crippen molar-refractivity contribution in [2.24, 2.45) is 13.5 Å². The second-order valence-corrected chi connectivity index (χ2v) is 32.0. The second-order valence-electron chi connectivity index (χ2n) is 25.9. The SMILES string of the molecule is N#C/C(=C\c1ccc(C#N)cc1)c1ccc(OP2(Oc3ccc(/C(C#N)=C\c4ccc(C#N)cc4)cc3)=NP(Oc3ccc(/C(C#N)=C/c4ccc(C#N)cc4)cc3)(Oc3ccc(/C(C#N)=C\c4ccc(C#N)cc4)cc3)=NP(Oc3ccc(/C(C#N)=C/c4ccc(C#N)cc4)cc3)(Oc3ccc(/C(C#N)=C\c4ccc(C#N)cc4)cc3)=N2)cc1. The number of hydrogen-bond donors (Lipinski definition) is 0. The summed E-state index contributed by atoms with van der Waals surface area (Å²) >= 11 is 0. The number of hydrogen-bond acceptors (Lipinski definition) is 21. The fourth-order valence-corrected chi connectivity index (χ4v) is 20.8. The first kappa shape index (κ1) is 80.5. The number of rotatable bonds is 24. The van der Waals surface area contributed by atoms with Crippen molar-refractivity contribution < 1.29 is 27.1 Å². The maximum Gasteiger partial charge on any atom is 0.460 e. The minimum Gasteiger partial charge on any atom is -0.413 e. The molecule has 1 heterocycles. The Hall–Kier alpha value is -17.6. The van der Waals surface area contributed by atoms with Gasteiger partial charge in [-0.05, 0) is 322 Å². The van der Waals surface area contributed by atoms with E-state index in [9.17, 15) is 63.1 Å². The molecule has 0 saturated heterocycles. The third-order valence-corrected chi connectivity index (χ3v) is 26.0. The Bertz CT molecular complexity index is 5830. The van der Waals surface area contributed by atoms with Gasteiger partial charge in [-0.1, -0.05) is 86.3 Å². The highest BCUT2D eigenvalue weighted by Crippen LogP contribution is 2.79. The Kier molecular flexibility index (Phi) is 25.1. The van der Waals surface area contributed by atoms with Crippen LogP contribution in [0.1, 0.15) is 100 Å². The fraction of sp³-hybridized carbons (Fsp3) is 0. The van der Waals surface area contributed by atoms with Crippen LogP contribution in [0.15, 0.2) is 305 Å². The summed E-state index contributed by atoms with van der Waals surface area (Å²) in [6, 6.07) is 105.